The molecule has 1 atom stereocenters. The van der Waals surface area contributed by atoms with E-state index in [1.807, 2.05) is 39.0 Å². The summed E-state index contributed by atoms with van der Waals surface area (Å²) < 4.78 is 5.38. The normalized spacial score (nSPS) is 19.9. The highest BCUT2D eigenvalue weighted by atomic mass is 16.6. The number of ether oxygens (including phenoxy) is 1. The van der Waals surface area contributed by atoms with E-state index < -0.39 is 5.60 Å². The van der Waals surface area contributed by atoms with Crippen LogP contribution in [0, 0.1) is 6.07 Å². The third-order valence-corrected chi connectivity index (χ3v) is 3.01. The molecule has 1 aliphatic heterocycles. The Labute approximate surface area is 109 Å². The minimum absolute atomic E-state index is 0.207. The third-order valence-electron chi connectivity index (χ3n) is 3.01. The van der Waals surface area contributed by atoms with Crippen molar-refractivity contribution in [2.45, 2.75) is 38.7 Å². The summed E-state index contributed by atoms with van der Waals surface area (Å²) in [6, 6.07) is 11.2. The Hall–Kier alpha value is -1.51. The van der Waals surface area contributed by atoms with Gasteiger partial charge in [0.05, 0.1) is 0 Å². The number of rotatable bonds is 1. The summed E-state index contributed by atoms with van der Waals surface area (Å²) in [5.74, 6) is 0.388. The molecule has 1 fully saturated rings. The first-order valence-corrected chi connectivity index (χ1v) is 6.40. The van der Waals surface area contributed by atoms with Gasteiger partial charge in [-0.2, -0.15) is 0 Å². The second-order valence-electron chi connectivity index (χ2n) is 5.73. The molecule has 0 N–H and O–H groups in total. The van der Waals surface area contributed by atoms with Crippen molar-refractivity contribution in [1.29, 1.82) is 0 Å². The Kier molecular flexibility index (Phi) is 3.60. The van der Waals surface area contributed by atoms with E-state index in [1.54, 1.807) is 4.90 Å². The molecule has 0 aliphatic carbocycles. The van der Waals surface area contributed by atoms with Crippen LogP contribution in [0.2, 0.25) is 0 Å². The van der Waals surface area contributed by atoms with E-state index in [1.165, 1.54) is 5.56 Å². The van der Waals surface area contributed by atoms with Gasteiger partial charge in [-0.25, -0.2) is 4.79 Å². The Morgan fingerprint density at radius 1 is 1.44 bits per heavy atom. The topological polar surface area (TPSA) is 29.5 Å². The van der Waals surface area contributed by atoms with E-state index in [4.69, 9.17) is 4.74 Å². The van der Waals surface area contributed by atoms with Gasteiger partial charge < -0.3 is 9.64 Å². The van der Waals surface area contributed by atoms with Gasteiger partial charge in [-0.1, -0.05) is 24.3 Å². The highest BCUT2D eigenvalue weighted by Crippen LogP contribution is 2.27. The number of amides is 1. The second-order valence-corrected chi connectivity index (χ2v) is 5.73. The second kappa shape index (κ2) is 5.01. The average Bonchev–Trinajstić information content (AvgIpc) is 2.77. The SMILES string of the molecule is CC(C)(C)OC(=O)N1CCC(c2[c]cccc2)C1. The van der Waals surface area contributed by atoms with E-state index in [0.717, 1.165) is 19.5 Å². The van der Waals surface area contributed by atoms with Crippen LogP contribution in [0.1, 0.15) is 38.7 Å². The molecule has 0 spiro atoms. The number of carbonyl (C=O) groups excluding carboxylic acids is 1. The minimum Gasteiger partial charge on any atom is -0.444 e. The van der Waals surface area contributed by atoms with Crippen LogP contribution >= 0.6 is 0 Å². The molecule has 1 aliphatic rings. The lowest BCUT2D eigenvalue weighted by molar-refractivity contribution is 0.0292. The maximum atomic E-state index is 11.9. The molecule has 3 heteroatoms. The van der Waals surface area contributed by atoms with Crippen LogP contribution in [0.4, 0.5) is 4.79 Å². The number of benzene rings is 1. The molecule has 3 nitrogen and oxygen atoms in total. The molecule has 1 radical (unpaired) electrons. The predicted molar refractivity (Wildman–Crippen MR) is 70.4 cm³/mol. The van der Waals surface area contributed by atoms with Crippen molar-refractivity contribution in [2.75, 3.05) is 13.1 Å². The zero-order valence-corrected chi connectivity index (χ0v) is 11.3. The standard InChI is InChI=1S/C15H20NO2/c1-15(2,3)18-14(17)16-10-9-13(11-16)12-7-5-4-6-8-12/h4-7,13H,9-11H2,1-3H3. The lowest BCUT2D eigenvalue weighted by Gasteiger charge is -2.24. The average molecular weight is 246 g/mol. The minimum atomic E-state index is -0.423. The first-order chi connectivity index (χ1) is 8.46. The molecule has 2 rings (SSSR count). The van der Waals surface area contributed by atoms with Crippen LogP contribution in [0.5, 0.6) is 0 Å². The summed E-state index contributed by atoms with van der Waals surface area (Å²) in [4.78, 5) is 13.7. The van der Waals surface area contributed by atoms with E-state index in [0.29, 0.717) is 5.92 Å². The largest absolute Gasteiger partial charge is 0.444 e. The number of hydrogen-bond donors (Lipinski definition) is 0. The fourth-order valence-corrected chi connectivity index (χ4v) is 2.17. The Balaban J connectivity index is 1.95. The Morgan fingerprint density at radius 2 is 2.22 bits per heavy atom. The lowest BCUT2D eigenvalue weighted by atomic mass is 9.99. The van der Waals surface area contributed by atoms with Crippen LogP contribution in [-0.4, -0.2) is 29.7 Å². The number of carbonyl (C=O) groups is 1. The van der Waals surface area contributed by atoms with Crippen LogP contribution in [0.3, 0.4) is 0 Å². The summed E-state index contributed by atoms with van der Waals surface area (Å²) in [7, 11) is 0. The fraction of sp³-hybridized carbons (Fsp3) is 0.533. The maximum absolute atomic E-state index is 11.9. The Bertz CT molecular complexity index is 408. The number of hydrogen-bond acceptors (Lipinski definition) is 2. The van der Waals surface area contributed by atoms with Crippen molar-refractivity contribution in [2.24, 2.45) is 0 Å². The van der Waals surface area contributed by atoms with Gasteiger partial charge in [0.1, 0.15) is 5.60 Å². The van der Waals surface area contributed by atoms with Gasteiger partial charge in [-0.3, -0.25) is 0 Å². The Morgan fingerprint density at radius 3 is 2.83 bits per heavy atom. The van der Waals surface area contributed by atoms with Crippen molar-refractivity contribution in [1.82, 2.24) is 4.90 Å². The molecule has 0 saturated carbocycles. The van der Waals surface area contributed by atoms with Crippen molar-refractivity contribution in [3.05, 3.63) is 35.9 Å². The zero-order chi connectivity index (χ0) is 13.2. The maximum Gasteiger partial charge on any atom is 0.410 e. The monoisotopic (exact) mass is 246 g/mol. The van der Waals surface area contributed by atoms with Gasteiger partial charge >= 0.3 is 6.09 Å². The van der Waals surface area contributed by atoms with Gasteiger partial charge in [-0.05, 0) is 38.8 Å². The van der Waals surface area contributed by atoms with E-state index in [9.17, 15) is 4.79 Å². The summed E-state index contributed by atoms with van der Waals surface area (Å²) >= 11 is 0. The molecular formula is C15H20NO2. The first kappa shape index (κ1) is 12.9. The lowest BCUT2D eigenvalue weighted by Crippen LogP contribution is -2.35. The van der Waals surface area contributed by atoms with Crippen LogP contribution in [0.15, 0.2) is 24.3 Å². The van der Waals surface area contributed by atoms with Gasteiger partial charge in [-0.15, -0.1) is 0 Å². The van der Waals surface area contributed by atoms with Gasteiger partial charge in [0, 0.05) is 19.0 Å². The number of likely N-dealkylation sites (tertiary alicyclic amines) is 1. The summed E-state index contributed by atoms with van der Waals surface area (Å²) in [5, 5.41) is 0. The van der Waals surface area contributed by atoms with Crippen LogP contribution in [0.25, 0.3) is 0 Å². The van der Waals surface area contributed by atoms with Crippen LogP contribution < -0.4 is 0 Å². The summed E-state index contributed by atoms with van der Waals surface area (Å²) in [5.41, 5.74) is 0.761. The highest BCUT2D eigenvalue weighted by molar-refractivity contribution is 5.68. The van der Waals surface area contributed by atoms with E-state index in [2.05, 4.69) is 12.1 Å². The van der Waals surface area contributed by atoms with Crippen molar-refractivity contribution in [3.8, 4) is 0 Å². The van der Waals surface area contributed by atoms with Crippen molar-refractivity contribution >= 4 is 6.09 Å². The van der Waals surface area contributed by atoms with Gasteiger partial charge in [0.15, 0.2) is 0 Å². The molecule has 1 amide bonds. The highest BCUT2D eigenvalue weighted by Gasteiger charge is 2.30. The van der Waals surface area contributed by atoms with Crippen molar-refractivity contribution in [3.63, 3.8) is 0 Å². The van der Waals surface area contributed by atoms with Gasteiger partial charge in [0.25, 0.3) is 0 Å². The number of nitrogens with zero attached hydrogens (tertiary/aromatic N) is 1. The predicted octanol–water partition coefficient (Wildman–Crippen LogP) is 3.21. The molecular weight excluding hydrogens is 226 g/mol. The van der Waals surface area contributed by atoms with Crippen molar-refractivity contribution < 1.29 is 9.53 Å². The molecule has 18 heavy (non-hydrogen) atoms. The molecule has 1 heterocycles. The first-order valence-electron chi connectivity index (χ1n) is 6.40. The molecule has 1 aromatic rings. The van der Waals surface area contributed by atoms with Crippen LogP contribution in [-0.2, 0) is 4.74 Å². The molecule has 1 saturated heterocycles. The fourth-order valence-electron chi connectivity index (χ4n) is 2.17. The van der Waals surface area contributed by atoms with E-state index >= 15 is 0 Å². The molecule has 0 bridgehead atoms. The van der Waals surface area contributed by atoms with Gasteiger partial charge in [0.2, 0.25) is 0 Å². The molecule has 0 aromatic heterocycles. The molecule has 97 valence electrons. The zero-order valence-electron chi connectivity index (χ0n) is 11.3. The molecule has 1 unspecified atom stereocenters. The smallest absolute Gasteiger partial charge is 0.410 e. The summed E-state index contributed by atoms with van der Waals surface area (Å²) in [6.07, 6.45) is 0.778. The quantitative estimate of drug-likeness (QED) is 0.761. The third kappa shape index (κ3) is 3.25. The van der Waals surface area contributed by atoms with E-state index in [-0.39, 0.29) is 6.09 Å². The summed E-state index contributed by atoms with van der Waals surface area (Å²) in [6.45, 7) is 7.17. The molecule has 1 aromatic carbocycles.